The standard InChI is InChI=1S/C16H16ClN3O3S.C4H4O4/c1-10-8-11-4-2-3-5-14(11)20(10)19-16(21)12-6-7-13(17)15(9-12)24(18,22)23;5-3(6)1-2-4(7)8/h2-7,9-10H,8H2,1H3,(H,19,21)(H2,18,22,23);1-2H,(H,5,6)(H,7,8). The van der Waals surface area contributed by atoms with Crippen molar-refractivity contribution in [2.24, 2.45) is 5.14 Å². The largest absolute Gasteiger partial charge is 0.478 e. The van der Waals surface area contributed by atoms with E-state index in [9.17, 15) is 22.8 Å². The van der Waals surface area contributed by atoms with Crippen molar-refractivity contribution in [1.82, 2.24) is 5.43 Å². The molecule has 0 aromatic heterocycles. The molecule has 0 radical (unpaired) electrons. The number of nitrogens with two attached hydrogens (primary N) is 1. The van der Waals surface area contributed by atoms with Crippen LogP contribution in [0.4, 0.5) is 5.69 Å². The van der Waals surface area contributed by atoms with Gasteiger partial charge in [-0.3, -0.25) is 15.2 Å². The first-order chi connectivity index (χ1) is 14.9. The van der Waals surface area contributed by atoms with Crippen LogP contribution in [-0.2, 0) is 26.0 Å². The zero-order valence-electron chi connectivity index (χ0n) is 16.7. The molecule has 3 rings (SSSR count). The molecule has 170 valence electrons. The highest BCUT2D eigenvalue weighted by atomic mass is 35.5. The van der Waals surface area contributed by atoms with Crippen LogP contribution in [0.5, 0.6) is 0 Å². The molecule has 0 aliphatic carbocycles. The lowest BCUT2D eigenvalue weighted by Crippen LogP contribution is -2.45. The van der Waals surface area contributed by atoms with E-state index in [1.54, 1.807) is 5.01 Å². The van der Waals surface area contributed by atoms with E-state index in [-0.39, 0.29) is 21.5 Å². The van der Waals surface area contributed by atoms with Crippen LogP contribution >= 0.6 is 11.6 Å². The third-order valence-corrected chi connectivity index (χ3v) is 5.69. The number of hydrazine groups is 1. The molecule has 1 unspecified atom stereocenters. The van der Waals surface area contributed by atoms with Crippen molar-refractivity contribution in [3.63, 3.8) is 0 Å². The Morgan fingerprint density at radius 2 is 1.72 bits per heavy atom. The fraction of sp³-hybridized carbons (Fsp3) is 0.150. The monoisotopic (exact) mass is 481 g/mol. The SMILES string of the molecule is CC1Cc2ccccc2N1NC(=O)c1ccc(Cl)c(S(N)(=O)=O)c1.O=C(O)C=CC(=O)O. The molecule has 0 bridgehead atoms. The van der Waals surface area contributed by atoms with Gasteiger partial charge in [-0.05, 0) is 43.2 Å². The summed E-state index contributed by atoms with van der Waals surface area (Å²) < 4.78 is 23.1. The maximum Gasteiger partial charge on any atom is 0.328 e. The number of para-hydroxylation sites is 1. The number of amides is 1. The third-order valence-electron chi connectivity index (χ3n) is 4.30. The fourth-order valence-corrected chi connectivity index (χ4v) is 3.99. The Bertz CT molecular complexity index is 1170. The van der Waals surface area contributed by atoms with Crippen molar-refractivity contribution in [3.05, 3.63) is 70.8 Å². The van der Waals surface area contributed by atoms with Crippen LogP contribution in [0.25, 0.3) is 0 Å². The lowest BCUT2D eigenvalue weighted by atomic mass is 10.1. The van der Waals surface area contributed by atoms with Gasteiger partial charge in [0, 0.05) is 17.7 Å². The molecule has 1 atom stereocenters. The minimum absolute atomic E-state index is 0.0195. The highest BCUT2D eigenvalue weighted by Crippen LogP contribution is 2.30. The summed E-state index contributed by atoms with van der Waals surface area (Å²) in [4.78, 5) is 31.4. The van der Waals surface area contributed by atoms with E-state index in [0.29, 0.717) is 12.2 Å². The zero-order valence-corrected chi connectivity index (χ0v) is 18.3. The average Bonchev–Trinajstić information content (AvgIpc) is 3.01. The van der Waals surface area contributed by atoms with Gasteiger partial charge in [0.2, 0.25) is 10.0 Å². The number of hydrogen-bond donors (Lipinski definition) is 4. The number of aliphatic carboxylic acids is 2. The van der Waals surface area contributed by atoms with Crippen LogP contribution in [0.3, 0.4) is 0 Å². The molecule has 0 saturated heterocycles. The molecule has 32 heavy (non-hydrogen) atoms. The maximum atomic E-state index is 12.5. The third kappa shape index (κ3) is 6.54. The Labute approximate surface area is 188 Å². The number of carboxylic acid groups (broad SMARTS) is 2. The predicted octanol–water partition coefficient (Wildman–Crippen LogP) is 1.80. The summed E-state index contributed by atoms with van der Waals surface area (Å²) in [5, 5.41) is 22.5. The summed E-state index contributed by atoms with van der Waals surface area (Å²) in [5.74, 6) is -2.94. The second-order valence-electron chi connectivity index (χ2n) is 6.69. The number of nitrogens with zero attached hydrogens (tertiary/aromatic N) is 1. The smallest absolute Gasteiger partial charge is 0.328 e. The number of primary sulfonamides is 1. The number of halogens is 1. The van der Waals surface area contributed by atoms with Gasteiger partial charge >= 0.3 is 11.9 Å². The summed E-state index contributed by atoms with van der Waals surface area (Å²) in [5.41, 5.74) is 5.06. The molecular formula is C20H20ClN3O7S. The summed E-state index contributed by atoms with van der Waals surface area (Å²) in [6.45, 7) is 2.00. The molecule has 0 spiro atoms. The van der Waals surface area contributed by atoms with E-state index in [4.69, 9.17) is 27.0 Å². The molecule has 1 heterocycles. The molecule has 1 aliphatic heterocycles. The van der Waals surface area contributed by atoms with Gasteiger partial charge in [-0.15, -0.1) is 0 Å². The lowest BCUT2D eigenvalue weighted by Gasteiger charge is -2.25. The molecule has 2 aromatic carbocycles. The van der Waals surface area contributed by atoms with Crippen molar-refractivity contribution in [2.75, 3.05) is 5.01 Å². The fourth-order valence-electron chi connectivity index (χ4n) is 2.92. The van der Waals surface area contributed by atoms with Gasteiger partial charge in [-0.2, -0.15) is 0 Å². The summed E-state index contributed by atoms with van der Waals surface area (Å²) in [6, 6.07) is 11.9. The number of sulfonamides is 1. The van der Waals surface area contributed by atoms with Crippen LogP contribution in [0, 0.1) is 0 Å². The number of fused-ring (bicyclic) bond motifs is 1. The molecule has 2 aromatic rings. The lowest BCUT2D eigenvalue weighted by molar-refractivity contribution is -0.134. The van der Waals surface area contributed by atoms with E-state index in [2.05, 4.69) is 5.43 Å². The first kappa shape index (κ1) is 24.9. The maximum absolute atomic E-state index is 12.5. The van der Waals surface area contributed by atoms with Gasteiger partial charge < -0.3 is 10.2 Å². The molecule has 1 amide bonds. The highest BCUT2D eigenvalue weighted by Gasteiger charge is 2.27. The number of carbonyl (C=O) groups excluding carboxylic acids is 1. The second-order valence-corrected chi connectivity index (χ2v) is 8.63. The Kier molecular flexibility index (Phi) is 7.97. The van der Waals surface area contributed by atoms with Crippen LogP contribution in [0.1, 0.15) is 22.8 Å². The van der Waals surface area contributed by atoms with Gasteiger partial charge in [0.15, 0.2) is 0 Å². The number of rotatable bonds is 5. The summed E-state index contributed by atoms with van der Waals surface area (Å²) in [7, 11) is -4.00. The van der Waals surface area contributed by atoms with Crippen molar-refractivity contribution < 1.29 is 33.0 Å². The minimum Gasteiger partial charge on any atom is -0.478 e. The first-order valence-corrected chi connectivity index (χ1v) is 11.0. The molecule has 0 saturated carbocycles. The van der Waals surface area contributed by atoms with Crippen molar-refractivity contribution in [3.8, 4) is 0 Å². The van der Waals surface area contributed by atoms with Crippen LogP contribution < -0.4 is 15.6 Å². The normalized spacial score (nSPS) is 15.0. The molecule has 1 aliphatic rings. The van der Waals surface area contributed by atoms with Crippen molar-refractivity contribution in [1.29, 1.82) is 0 Å². The Hall–Kier alpha value is -3.41. The Morgan fingerprint density at radius 1 is 1.12 bits per heavy atom. The summed E-state index contributed by atoms with van der Waals surface area (Å²) in [6.07, 6.45) is 1.93. The number of anilines is 1. The van der Waals surface area contributed by atoms with Gasteiger partial charge in [-0.25, -0.2) is 23.1 Å². The molecular weight excluding hydrogens is 462 g/mol. The van der Waals surface area contributed by atoms with E-state index in [1.165, 1.54) is 18.2 Å². The summed E-state index contributed by atoms with van der Waals surface area (Å²) >= 11 is 5.84. The van der Waals surface area contributed by atoms with Crippen LogP contribution in [0.2, 0.25) is 5.02 Å². The average molecular weight is 482 g/mol. The molecule has 12 heteroatoms. The number of benzene rings is 2. The van der Waals surface area contributed by atoms with E-state index < -0.39 is 27.9 Å². The van der Waals surface area contributed by atoms with Crippen LogP contribution in [0.15, 0.2) is 59.5 Å². The predicted molar refractivity (Wildman–Crippen MR) is 117 cm³/mol. The Morgan fingerprint density at radius 3 is 2.28 bits per heavy atom. The van der Waals surface area contributed by atoms with Crippen molar-refractivity contribution in [2.45, 2.75) is 24.3 Å². The number of carboxylic acids is 2. The van der Waals surface area contributed by atoms with Gasteiger partial charge in [0.1, 0.15) is 4.90 Å². The highest BCUT2D eigenvalue weighted by molar-refractivity contribution is 7.89. The quantitative estimate of drug-likeness (QED) is 0.469. The minimum atomic E-state index is -4.00. The van der Waals surface area contributed by atoms with E-state index in [1.807, 2.05) is 31.2 Å². The topological polar surface area (TPSA) is 167 Å². The van der Waals surface area contributed by atoms with Gasteiger partial charge in [0.05, 0.1) is 16.8 Å². The van der Waals surface area contributed by atoms with Gasteiger partial charge in [0.25, 0.3) is 5.91 Å². The molecule has 0 fully saturated rings. The Balaban J connectivity index is 0.000000390. The second kappa shape index (κ2) is 10.3. The number of carbonyl (C=O) groups is 3. The number of nitrogens with one attached hydrogen (secondary N) is 1. The number of hydrogen-bond acceptors (Lipinski definition) is 6. The van der Waals surface area contributed by atoms with E-state index >= 15 is 0 Å². The molecule has 5 N–H and O–H groups in total. The van der Waals surface area contributed by atoms with Gasteiger partial charge in [-0.1, -0.05) is 29.8 Å². The zero-order chi connectivity index (χ0) is 24.1. The van der Waals surface area contributed by atoms with E-state index in [0.717, 1.165) is 17.7 Å². The van der Waals surface area contributed by atoms with Crippen LogP contribution in [-0.4, -0.2) is 42.5 Å². The molecule has 10 nitrogen and oxygen atoms in total. The van der Waals surface area contributed by atoms with Crippen molar-refractivity contribution >= 4 is 45.2 Å². The first-order valence-electron chi connectivity index (χ1n) is 9.04.